The Morgan fingerprint density at radius 2 is 1.60 bits per heavy atom. The molecule has 2 saturated heterocycles. The van der Waals surface area contributed by atoms with E-state index in [1.165, 1.54) is 5.56 Å². The SMILES string of the molecule is c1cc(OC2CCNCC2)ccc1CN1CCNCC1. The standard InChI is InChI=1S/C16H25N3O/c1-3-15(20-16-5-7-17-8-6-16)4-2-14(1)13-19-11-9-18-10-12-19/h1-4,16-18H,5-13H2. The highest BCUT2D eigenvalue weighted by Gasteiger charge is 2.14. The van der Waals surface area contributed by atoms with Gasteiger partial charge in [-0.05, 0) is 43.6 Å². The number of hydrogen-bond donors (Lipinski definition) is 2. The Bertz CT molecular complexity index is 356. The average Bonchev–Trinajstić information content (AvgIpc) is 2.51. The third-order valence-electron chi connectivity index (χ3n) is 4.13. The molecule has 4 heteroatoms. The van der Waals surface area contributed by atoms with Crippen molar-refractivity contribution in [2.24, 2.45) is 0 Å². The molecule has 0 unspecified atom stereocenters. The van der Waals surface area contributed by atoms with Crippen molar-refractivity contribution < 1.29 is 4.74 Å². The molecule has 1 aromatic carbocycles. The molecule has 0 radical (unpaired) electrons. The van der Waals surface area contributed by atoms with Gasteiger partial charge in [0.25, 0.3) is 0 Å². The summed E-state index contributed by atoms with van der Waals surface area (Å²) in [6.45, 7) is 7.71. The van der Waals surface area contributed by atoms with Crippen LogP contribution in [0.25, 0.3) is 0 Å². The summed E-state index contributed by atoms with van der Waals surface area (Å²) in [6.07, 6.45) is 2.61. The fraction of sp³-hybridized carbons (Fsp3) is 0.625. The number of benzene rings is 1. The van der Waals surface area contributed by atoms with Crippen molar-refractivity contribution in [3.05, 3.63) is 29.8 Å². The highest BCUT2D eigenvalue weighted by molar-refractivity contribution is 5.27. The van der Waals surface area contributed by atoms with Gasteiger partial charge in [0, 0.05) is 32.7 Å². The lowest BCUT2D eigenvalue weighted by Gasteiger charge is -2.27. The van der Waals surface area contributed by atoms with E-state index in [4.69, 9.17) is 4.74 Å². The van der Waals surface area contributed by atoms with Crippen LogP contribution in [0, 0.1) is 0 Å². The number of piperazine rings is 1. The molecular formula is C16H25N3O. The lowest BCUT2D eigenvalue weighted by atomic mass is 10.1. The van der Waals surface area contributed by atoms with Crippen LogP contribution in [0.2, 0.25) is 0 Å². The van der Waals surface area contributed by atoms with Crippen LogP contribution in [0.3, 0.4) is 0 Å². The van der Waals surface area contributed by atoms with Gasteiger partial charge >= 0.3 is 0 Å². The Balaban J connectivity index is 1.51. The van der Waals surface area contributed by atoms with Crippen LogP contribution in [0.4, 0.5) is 0 Å². The second-order valence-corrected chi connectivity index (χ2v) is 5.74. The molecule has 1 aromatic rings. The van der Waals surface area contributed by atoms with E-state index in [1.54, 1.807) is 0 Å². The van der Waals surface area contributed by atoms with E-state index in [9.17, 15) is 0 Å². The van der Waals surface area contributed by atoms with E-state index in [1.807, 2.05) is 0 Å². The Morgan fingerprint density at radius 1 is 0.950 bits per heavy atom. The first-order valence-electron chi connectivity index (χ1n) is 7.79. The van der Waals surface area contributed by atoms with Gasteiger partial charge in [0.05, 0.1) is 0 Å². The van der Waals surface area contributed by atoms with E-state index in [2.05, 4.69) is 39.8 Å². The van der Waals surface area contributed by atoms with Crippen LogP contribution < -0.4 is 15.4 Å². The van der Waals surface area contributed by atoms with E-state index < -0.39 is 0 Å². The van der Waals surface area contributed by atoms with Gasteiger partial charge in [0.2, 0.25) is 0 Å². The van der Waals surface area contributed by atoms with Gasteiger partial charge in [-0.1, -0.05) is 12.1 Å². The molecule has 3 rings (SSSR count). The second-order valence-electron chi connectivity index (χ2n) is 5.74. The molecule has 0 aromatic heterocycles. The normalized spacial score (nSPS) is 21.8. The van der Waals surface area contributed by atoms with E-state index in [0.717, 1.165) is 64.4 Å². The van der Waals surface area contributed by atoms with Crippen LogP contribution in [0.5, 0.6) is 5.75 Å². The van der Waals surface area contributed by atoms with Gasteiger partial charge in [-0.2, -0.15) is 0 Å². The number of hydrogen-bond acceptors (Lipinski definition) is 4. The van der Waals surface area contributed by atoms with E-state index >= 15 is 0 Å². The van der Waals surface area contributed by atoms with Gasteiger partial charge in [-0.25, -0.2) is 0 Å². The third-order valence-corrected chi connectivity index (χ3v) is 4.13. The monoisotopic (exact) mass is 275 g/mol. The van der Waals surface area contributed by atoms with Crippen molar-refractivity contribution in [1.29, 1.82) is 0 Å². The zero-order chi connectivity index (χ0) is 13.6. The predicted octanol–water partition coefficient (Wildman–Crippen LogP) is 1.22. The topological polar surface area (TPSA) is 36.5 Å². The van der Waals surface area contributed by atoms with Crippen molar-refractivity contribution in [3.8, 4) is 5.75 Å². The van der Waals surface area contributed by atoms with Crippen molar-refractivity contribution in [1.82, 2.24) is 15.5 Å². The van der Waals surface area contributed by atoms with Gasteiger partial charge in [0.15, 0.2) is 0 Å². The first kappa shape index (κ1) is 13.9. The highest BCUT2D eigenvalue weighted by Crippen LogP contribution is 2.18. The number of nitrogens with one attached hydrogen (secondary N) is 2. The molecular weight excluding hydrogens is 250 g/mol. The van der Waals surface area contributed by atoms with E-state index in [0.29, 0.717) is 6.10 Å². The van der Waals surface area contributed by atoms with Crippen molar-refractivity contribution in [2.75, 3.05) is 39.3 Å². The average molecular weight is 275 g/mol. The number of piperidine rings is 1. The lowest BCUT2D eigenvalue weighted by Crippen LogP contribution is -2.42. The summed E-state index contributed by atoms with van der Waals surface area (Å²) in [6, 6.07) is 8.66. The fourth-order valence-corrected chi connectivity index (χ4v) is 2.91. The summed E-state index contributed by atoms with van der Waals surface area (Å²) in [5.41, 5.74) is 1.38. The van der Waals surface area contributed by atoms with Crippen molar-refractivity contribution >= 4 is 0 Å². The summed E-state index contributed by atoms with van der Waals surface area (Å²) in [4.78, 5) is 2.50. The molecule has 2 fully saturated rings. The van der Waals surface area contributed by atoms with Crippen LogP contribution in [-0.2, 0) is 6.54 Å². The number of rotatable bonds is 4. The summed E-state index contributed by atoms with van der Waals surface area (Å²) in [5.74, 6) is 1.01. The minimum Gasteiger partial charge on any atom is -0.490 e. The molecule has 2 aliphatic rings. The van der Waals surface area contributed by atoms with Crippen molar-refractivity contribution in [2.45, 2.75) is 25.5 Å². The first-order valence-corrected chi connectivity index (χ1v) is 7.79. The zero-order valence-corrected chi connectivity index (χ0v) is 12.1. The molecule has 110 valence electrons. The largest absolute Gasteiger partial charge is 0.490 e. The van der Waals surface area contributed by atoms with Crippen LogP contribution in [0.15, 0.2) is 24.3 Å². The minimum atomic E-state index is 0.385. The maximum absolute atomic E-state index is 6.04. The molecule has 0 spiro atoms. The molecule has 2 aliphatic heterocycles. The quantitative estimate of drug-likeness (QED) is 0.866. The van der Waals surface area contributed by atoms with Gasteiger partial charge < -0.3 is 15.4 Å². The number of ether oxygens (including phenoxy) is 1. The smallest absolute Gasteiger partial charge is 0.119 e. The van der Waals surface area contributed by atoms with Gasteiger partial charge in [-0.15, -0.1) is 0 Å². The predicted molar refractivity (Wildman–Crippen MR) is 81.1 cm³/mol. The van der Waals surface area contributed by atoms with E-state index in [-0.39, 0.29) is 0 Å². The molecule has 2 heterocycles. The lowest BCUT2D eigenvalue weighted by molar-refractivity contribution is 0.162. The fourth-order valence-electron chi connectivity index (χ4n) is 2.91. The first-order chi connectivity index (χ1) is 9.90. The molecule has 0 atom stereocenters. The zero-order valence-electron chi connectivity index (χ0n) is 12.1. The highest BCUT2D eigenvalue weighted by atomic mass is 16.5. The minimum absolute atomic E-state index is 0.385. The maximum Gasteiger partial charge on any atom is 0.119 e. The van der Waals surface area contributed by atoms with Gasteiger partial charge in [-0.3, -0.25) is 4.90 Å². The Hall–Kier alpha value is -1.10. The summed E-state index contributed by atoms with van der Waals surface area (Å²) in [5, 5.41) is 6.75. The van der Waals surface area contributed by atoms with Crippen molar-refractivity contribution in [3.63, 3.8) is 0 Å². The van der Waals surface area contributed by atoms with Gasteiger partial charge in [0.1, 0.15) is 11.9 Å². The molecule has 4 nitrogen and oxygen atoms in total. The molecule has 20 heavy (non-hydrogen) atoms. The molecule has 0 bridgehead atoms. The summed E-state index contributed by atoms with van der Waals surface area (Å²) >= 11 is 0. The number of nitrogens with zero attached hydrogens (tertiary/aromatic N) is 1. The summed E-state index contributed by atoms with van der Waals surface area (Å²) in [7, 11) is 0. The summed E-state index contributed by atoms with van der Waals surface area (Å²) < 4.78 is 6.04. The van der Waals surface area contributed by atoms with Crippen LogP contribution in [-0.4, -0.2) is 50.3 Å². The Labute approximate surface area is 121 Å². The Morgan fingerprint density at radius 3 is 2.30 bits per heavy atom. The van der Waals surface area contributed by atoms with Crippen LogP contribution in [0.1, 0.15) is 18.4 Å². The van der Waals surface area contributed by atoms with Crippen LogP contribution >= 0.6 is 0 Å². The molecule has 0 saturated carbocycles. The molecule has 2 N–H and O–H groups in total. The molecule has 0 aliphatic carbocycles. The second kappa shape index (κ2) is 7.07. The third kappa shape index (κ3) is 3.95. The maximum atomic E-state index is 6.04. The molecule has 0 amide bonds. The Kier molecular flexibility index (Phi) is 4.90.